The molecule has 1 aromatic carbocycles. The first-order valence-electron chi connectivity index (χ1n) is 12.2. The van der Waals surface area contributed by atoms with Gasteiger partial charge in [-0.15, -0.1) is 0 Å². The van der Waals surface area contributed by atoms with E-state index in [1.807, 2.05) is 4.90 Å². The molecule has 0 saturated carbocycles. The molecule has 0 N–H and O–H groups in total. The number of amides is 2. The number of likely N-dealkylation sites (tertiary alicyclic amines) is 2. The molecule has 33 heavy (non-hydrogen) atoms. The third kappa shape index (κ3) is 5.52. The predicted molar refractivity (Wildman–Crippen MR) is 125 cm³/mol. The van der Waals surface area contributed by atoms with E-state index in [1.54, 1.807) is 0 Å². The van der Waals surface area contributed by atoms with Crippen molar-refractivity contribution in [3.63, 3.8) is 0 Å². The Morgan fingerprint density at radius 1 is 0.879 bits per heavy atom. The number of nitrogens with zero attached hydrogens (tertiary/aromatic N) is 5. The van der Waals surface area contributed by atoms with Gasteiger partial charge in [0.1, 0.15) is 0 Å². The number of piperazine rings is 1. The van der Waals surface area contributed by atoms with Crippen LogP contribution in [0.3, 0.4) is 0 Å². The van der Waals surface area contributed by atoms with Gasteiger partial charge in [-0.3, -0.25) is 19.7 Å². The maximum absolute atomic E-state index is 12.9. The Balaban J connectivity index is 1.21. The summed E-state index contributed by atoms with van der Waals surface area (Å²) in [5, 5.41) is 10.8. The summed E-state index contributed by atoms with van der Waals surface area (Å²) in [4.78, 5) is 44.9. The lowest BCUT2D eigenvalue weighted by atomic mass is 9.92. The zero-order chi connectivity index (χ0) is 23.4. The molecule has 3 aliphatic heterocycles. The molecular weight excluding hydrogens is 422 g/mol. The van der Waals surface area contributed by atoms with Crippen LogP contribution in [-0.4, -0.2) is 101 Å². The molecule has 0 unspecified atom stereocenters. The highest BCUT2D eigenvalue weighted by molar-refractivity contribution is 5.94. The van der Waals surface area contributed by atoms with Crippen LogP contribution in [0.5, 0.6) is 0 Å². The zero-order valence-corrected chi connectivity index (χ0v) is 19.5. The molecule has 180 valence electrons. The first kappa shape index (κ1) is 23.6. The highest BCUT2D eigenvalue weighted by atomic mass is 16.6. The number of nitro groups is 1. The van der Waals surface area contributed by atoms with Crippen molar-refractivity contribution in [2.45, 2.75) is 38.6 Å². The normalized spacial score (nSPS) is 21.8. The summed E-state index contributed by atoms with van der Waals surface area (Å²) in [6.07, 6.45) is 3.70. The fourth-order valence-corrected chi connectivity index (χ4v) is 5.40. The Bertz CT molecular complexity index is 837. The molecule has 3 aliphatic rings. The SMILES string of the molecule is CCN1CCN(C(=O)C2CCN(C3CCN(C(=O)c4ccc([N+](=O)[O-])cc4)CC3)CC2)CC1. The summed E-state index contributed by atoms with van der Waals surface area (Å²) in [5.74, 6) is 0.433. The highest BCUT2D eigenvalue weighted by Gasteiger charge is 2.34. The number of hydrogen-bond acceptors (Lipinski definition) is 6. The second kappa shape index (κ2) is 10.6. The maximum Gasteiger partial charge on any atom is 0.269 e. The van der Waals surface area contributed by atoms with Gasteiger partial charge in [0.15, 0.2) is 0 Å². The van der Waals surface area contributed by atoms with Crippen molar-refractivity contribution >= 4 is 17.5 Å². The van der Waals surface area contributed by atoms with E-state index in [4.69, 9.17) is 0 Å². The molecule has 2 amide bonds. The number of hydrogen-bond donors (Lipinski definition) is 0. The number of piperidine rings is 2. The van der Waals surface area contributed by atoms with Crippen LogP contribution in [-0.2, 0) is 4.79 Å². The van der Waals surface area contributed by atoms with Crippen molar-refractivity contribution in [1.29, 1.82) is 0 Å². The first-order chi connectivity index (χ1) is 16.0. The fraction of sp³-hybridized carbons (Fsp3) is 0.667. The summed E-state index contributed by atoms with van der Waals surface area (Å²) in [5.41, 5.74) is 0.494. The number of rotatable bonds is 5. The molecule has 0 aliphatic carbocycles. The molecule has 0 radical (unpaired) electrons. The van der Waals surface area contributed by atoms with Crippen LogP contribution < -0.4 is 0 Å². The van der Waals surface area contributed by atoms with Crippen molar-refractivity contribution in [2.24, 2.45) is 5.92 Å². The second-order valence-corrected chi connectivity index (χ2v) is 9.40. The molecule has 3 fully saturated rings. The van der Waals surface area contributed by atoms with E-state index in [0.717, 1.165) is 71.5 Å². The fourth-order valence-electron chi connectivity index (χ4n) is 5.40. The van der Waals surface area contributed by atoms with Gasteiger partial charge in [-0.25, -0.2) is 0 Å². The van der Waals surface area contributed by atoms with Crippen LogP contribution in [0.1, 0.15) is 43.0 Å². The molecule has 9 heteroatoms. The van der Waals surface area contributed by atoms with E-state index in [9.17, 15) is 19.7 Å². The van der Waals surface area contributed by atoms with Crippen molar-refractivity contribution in [3.8, 4) is 0 Å². The quantitative estimate of drug-likeness (QED) is 0.497. The largest absolute Gasteiger partial charge is 0.340 e. The molecule has 4 rings (SSSR count). The number of likely N-dealkylation sites (N-methyl/N-ethyl adjacent to an activating group) is 1. The van der Waals surface area contributed by atoms with Gasteiger partial charge >= 0.3 is 0 Å². The number of benzene rings is 1. The Kier molecular flexibility index (Phi) is 7.60. The number of non-ortho nitro benzene ring substituents is 1. The average molecular weight is 458 g/mol. The van der Waals surface area contributed by atoms with Gasteiger partial charge < -0.3 is 19.6 Å². The van der Waals surface area contributed by atoms with E-state index >= 15 is 0 Å². The third-order valence-corrected chi connectivity index (χ3v) is 7.60. The molecule has 0 atom stereocenters. The standard InChI is InChI=1S/C24H35N5O4/c1-2-25-15-17-28(18-16-25)24(31)20-7-11-26(12-8-20)21-9-13-27(14-10-21)23(30)19-3-5-22(6-4-19)29(32)33/h3-6,20-21H,2,7-18H2,1H3. The topological polar surface area (TPSA) is 90.2 Å². The highest BCUT2D eigenvalue weighted by Crippen LogP contribution is 2.26. The van der Waals surface area contributed by atoms with Crippen molar-refractivity contribution in [2.75, 3.05) is 58.9 Å². The van der Waals surface area contributed by atoms with Crippen LogP contribution >= 0.6 is 0 Å². The van der Waals surface area contributed by atoms with Crippen molar-refractivity contribution < 1.29 is 14.5 Å². The third-order valence-electron chi connectivity index (χ3n) is 7.60. The van der Waals surface area contributed by atoms with Gasteiger partial charge in [-0.05, 0) is 57.5 Å². The minimum absolute atomic E-state index is 0.00430. The summed E-state index contributed by atoms with van der Waals surface area (Å²) >= 11 is 0. The summed E-state index contributed by atoms with van der Waals surface area (Å²) < 4.78 is 0. The van der Waals surface area contributed by atoms with Crippen molar-refractivity contribution in [3.05, 3.63) is 39.9 Å². The van der Waals surface area contributed by atoms with E-state index in [-0.39, 0.29) is 17.5 Å². The lowest BCUT2D eigenvalue weighted by Crippen LogP contribution is -2.53. The first-order valence-corrected chi connectivity index (χ1v) is 12.2. The molecular formula is C24H35N5O4. The smallest absolute Gasteiger partial charge is 0.269 e. The molecule has 3 saturated heterocycles. The molecule has 3 heterocycles. The van der Waals surface area contributed by atoms with Gasteiger partial charge in [-0.2, -0.15) is 0 Å². The average Bonchev–Trinajstić information content (AvgIpc) is 2.88. The molecule has 0 aromatic heterocycles. The van der Waals surface area contributed by atoms with Crippen LogP contribution in [0.4, 0.5) is 5.69 Å². The Morgan fingerprint density at radius 2 is 1.48 bits per heavy atom. The van der Waals surface area contributed by atoms with E-state index < -0.39 is 4.92 Å². The lowest BCUT2D eigenvalue weighted by Gasteiger charge is -2.42. The van der Waals surface area contributed by atoms with Gasteiger partial charge in [-0.1, -0.05) is 6.92 Å². The van der Waals surface area contributed by atoms with Crippen LogP contribution in [0, 0.1) is 16.0 Å². The van der Waals surface area contributed by atoms with Gasteiger partial charge in [0.05, 0.1) is 4.92 Å². The Morgan fingerprint density at radius 3 is 2.03 bits per heavy atom. The molecule has 1 aromatic rings. The summed E-state index contributed by atoms with van der Waals surface area (Å²) in [7, 11) is 0. The van der Waals surface area contributed by atoms with Gasteiger partial charge in [0.25, 0.3) is 11.6 Å². The number of carbonyl (C=O) groups is 2. The lowest BCUT2D eigenvalue weighted by molar-refractivity contribution is -0.384. The van der Waals surface area contributed by atoms with Crippen molar-refractivity contribution in [1.82, 2.24) is 19.6 Å². The van der Waals surface area contributed by atoms with E-state index in [2.05, 4.69) is 21.6 Å². The van der Waals surface area contributed by atoms with Crippen LogP contribution in [0.25, 0.3) is 0 Å². The number of nitro benzene ring substituents is 1. The zero-order valence-electron chi connectivity index (χ0n) is 19.5. The molecule has 0 bridgehead atoms. The molecule has 9 nitrogen and oxygen atoms in total. The monoisotopic (exact) mass is 457 g/mol. The molecule has 0 spiro atoms. The van der Waals surface area contributed by atoms with Gasteiger partial charge in [0, 0.05) is 68.9 Å². The summed E-state index contributed by atoms with van der Waals surface area (Å²) in [6, 6.07) is 6.30. The predicted octanol–water partition coefficient (Wildman–Crippen LogP) is 2.08. The van der Waals surface area contributed by atoms with E-state index in [0.29, 0.717) is 30.6 Å². The Hall–Kier alpha value is -2.52. The minimum Gasteiger partial charge on any atom is -0.340 e. The van der Waals surface area contributed by atoms with E-state index in [1.165, 1.54) is 24.3 Å². The maximum atomic E-state index is 12.9. The minimum atomic E-state index is -0.455. The number of carbonyl (C=O) groups excluding carboxylic acids is 2. The summed E-state index contributed by atoms with van der Waals surface area (Å²) in [6.45, 7) is 10.2. The second-order valence-electron chi connectivity index (χ2n) is 9.40. The van der Waals surface area contributed by atoms with Gasteiger partial charge in [0.2, 0.25) is 5.91 Å². The Labute approximate surface area is 195 Å². The van der Waals surface area contributed by atoms with Crippen LogP contribution in [0.2, 0.25) is 0 Å². The van der Waals surface area contributed by atoms with Crippen LogP contribution in [0.15, 0.2) is 24.3 Å².